The van der Waals surface area contributed by atoms with Crippen LogP contribution in [0.4, 0.5) is 0 Å². The predicted molar refractivity (Wildman–Crippen MR) is 49.9 cm³/mol. The van der Waals surface area contributed by atoms with Gasteiger partial charge >= 0.3 is 0 Å². The van der Waals surface area contributed by atoms with Gasteiger partial charge in [-0.25, -0.2) is 0 Å². The highest BCUT2D eigenvalue weighted by Gasteiger charge is 2.26. The number of hydrogen-bond acceptors (Lipinski definition) is 0. The van der Waals surface area contributed by atoms with Crippen LogP contribution in [0.15, 0.2) is 11.6 Å². The molecule has 0 bridgehead atoms. The summed E-state index contributed by atoms with van der Waals surface area (Å²) in [6, 6.07) is 0. The summed E-state index contributed by atoms with van der Waals surface area (Å²) in [4.78, 5) is 0. The molecule has 0 aromatic heterocycles. The van der Waals surface area contributed by atoms with Crippen molar-refractivity contribution < 1.29 is 0 Å². The quantitative estimate of drug-likeness (QED) is 0.344. The van der Waals surface area contributed by atoms with Crippen LogP contribution in [0, 0.1) is 11.8 Å². The normalized spacial score (nSPS) is 43.1. The monoisotopic (exact) mass is 236 g/mol. The fourth-order valence-electron chi connectivity index (χ4n) is 1.34. The van der Waals surface area contributed by atoms with E-state index in [9.17, 15) is 0 Å². The van der Waals surface area contributed by atoms with E-state index in [0.29, 0.717) is 0 Å². The van der Waals surface area contributed by atoms with E-state index in [1.165, 1.54) is 0 Å². The molecule has 0 aromatic rings. The molecule has 52 valence electrons. The zero-order chi connectivity index (χ0) is 7.02. The molecule has 0 amide bonds. The van der Waals surface area contributed by atoms with Gasteiger partial charge in [0.05, 0.1) is 0 Å². The van der Waals surface area contributed by atoms with Crippen molar-refractivity contribution in [2.24, 2.45) is 11.8 Å². The fourth-order valence-corrected chi connectivity index (χ4v) is 2.20. The fraction of sp³-hybridized carbons (Fsp3) is 0.750. The summed E-state index contributed by atoms with van der Waals surface area (Å²) in [5.74, 6) is 1.65. The van der Waals surface area contributed by atoms with E-state index in [2.05, 4.69) is 49.4 Å². The Morgan fingerprint density at radius 1 is 1.44 bits per heavy atom. The molecule has 0 heterocycles. The van der Waals surface area contributed by atoms with Crippen LogP contribution in [0.3, 0.4) is 0 Å². The van der Waals surface area contributed by atoms with Gasteiger partial charge in [0, 0.05) is 3.92 Å². The van der Waals surface area contributed by atoms with Crippen molar-refractivity contribution in [1.29, 1.82) is 0 Å². The molecule has 0 spiro atoms. The second-order valence-corrected chi connectivity index (χ2v) is 4.37. The molecule has 1 rings (SSSR count). The lowest BCUT2D eigenvalue weighted by molar-refractivity contribution is 0.512. The minimum atomic E-state index is 0.789. The standard InChI is InChI=1S/C8H13I/c1-5-4-6(2)8(9)7(5)3/h4-5,7-8H,1-3H3. The van der Waals surface area contributed by atoms with E-state index in [0.717, 1.165) is 15.8 Å². The van der Waals surface area contributed by atoms with Gasteiger partial charge in [0.1, 0.15) is 0 Å². The zero-order valence-electron chi connectivity index (χ0n) is 6.19. The highest BCUT2D eigenvalue weighted by Crippen LogP contribution is 2.35. The SMILES string of the molecule is CC1=CC(C)C(C)C1I. The molecule has 1 aliphatic rings. The molecule has 0 fully saturated rings. The molecule has 0 nitrogen and oxygen atoms in total. The lowest BCUT2D eigenvalue weighted by atomic mass is 10.00. The predicted octanol–water partition coefficient (Wildman–Crippen LogP) is 3.02. The number of hydrogen-bond donors (Lipinski definition) is 0. The second-order valence-electron chi connectivity index (χ2n) is 3.03. The summed E-state index contributed by atoms with van der Waals surface area (Å²) in [5, 5.41) is 0. The molecule has 0 saturated carbocycles. The first-order valence-corrected chi connectivity index (χ1v) is 4.70. The van der Waals surface area contributed by atoms with E-state index in [1.54, 1.807) is 5.57 Å². The first kappa shape index (κ1) is 7.58. The third-order valence-corrected chi connectivity index (χ3v) is 4.37. The van der Waals surface area contributed by atoms with Gasteiger partial charge in [-0.05, 0) is 18.8 Å². The Hall–Kier alpha value is 0.470. The molecule has 0 aliphatic heterocycles. The van der Waals surface area contributed by atoms with Crippen LogP contribution in [0.5, 0.6) is 0 Å². The van der Waals surface area contributed by atoms with Gasteiger partial charge in [-0.15, -0.1) is 0 Å². The average molecular weight is 236 g/mol. The van der Waals surface area contributed by atoms with Gasteiger partial charge in [0.25, 0.3) is 0 Å². The summed E-state index contributed by atoms with van der Waals surface area (Å²) in [7, 11) is 0. The van der Waals surface area contributed by atoms with Crippen molar-refractivity contribution in [2.45, 2.75) is 24.7 Å². The molecular formula is C8H13I. The first-order valence-electron chi connectivity index (χ1n) is 3.45. The minimum Gasteiger partial charge on any atom is -0.0814 e. The molecule has 0 saturated heterocycles. The van der Waals surface area contributed by atoms with E-state index >= 15 is 0 Å². The van der Waals surface area contributed by atoms with Gasteiger partial charge in [-0.2, -0.15) is 0 Å². The summed E-state index contributed by atoms with van der Waals surface area (Å²) in [6.45, 7) is 6.86. The number of halogens is 1. The van der Waals surface area contributed by atoms with Crippen LogP contribution < -0.4 is 0 Å². The molecular weight excluding hydrogens is 223 g/mol. The molecule has 3 atom stereocenters. The van der Waals surface area contributed by atoms with Gasteiger partial charge in [0.2, 0.25) is 0 Å². The Balaban J connectivity index is 2.70. The largest absolute Gasteiger partial charge is 0.0814 e. The Kier molecular flexibility index (Phi) is 2.19. The van der Waals surface area contributed by atoms with Gasteiger partial charge in [0.15, 0.2) is 0 Å². The lowest BCUT2D eigenvalue weighted by Crippen LogP contribution is -2.09. The Morgan fingerprint density at radius 2 is 2.00 bits per heavy atom. The van der Waals surface area contributed by atoms with E-state index in [-0.39, 0.29) is 0 Å². The van der Waals surface area contributed by atoms with E-state index < -0.39 is 0 Å². The Bertz CT molecular complexity index is 138. The van der Waals surface area contributed by atoms with Gasteiger partial charge in [-0.1, -0.05) is 48.1 Å². The second kappa shape index (κ2) is 2.60. The molecule has 3 unspecified atom stereocenters. The van der Waals surface area contributed by atoms with Crippen molar-refractivity contribution in [2.75, 3.05) is 0 Å². The summed E-state index contributed by atoms with van der Waals surface area (Å²) in [6.07, 6.45) is 2.39. The van der Waals surface area contributed by atoms with Crippen molar-refractivity contribution in [3.05, 3.63) is 11.6 Å². The van der Waals surface area contributed by atoms with Crippen LogP contribution in [-0.2, 0) is 0 Å². The Morgan fingerprint density at radius 3 is 2.11 bits per heavy atom. The van der Waals surface area contributed by atoms with Gasteiger partial charge in [-0.3, -0.25) is 0 Å². The third-order valence-electron chi connectivity index (χ3n) is 2.25. The summed E-state index contributed by atoms with van der Waals surface area (Å²) in [5.41, 5.74) is 1.57. The highest BCUT2D eigenvalue weighted by molar-refractivity contribution is 14.1. The number of allylic oxidation sites excluding steroid dienone is 2. The van der Waals surface area contributed by atoms with Crippen molar-refractivity contribution in [1.82, 2.24) is 0 Å². The van der Waals surface area contributed by atoms with Crippen LogP contribution in [0.1, 0.15) is 20.8 Å². The number of alkyl halides is 1. The minimum absolute atomic E-state index is 0.789. The van der Waals surface area contributed by atoms with Crippen LogP contribution in [0.2, 0.25) is 0 Å². The maximum absolute atomic E-state index is 2.53. The molecule has 0 N–H and O–H groups in total. The molecule has 1 heteroatoms. The first-order chi connectivity index (χ1) is 4.13. The number of rotatable bonds is 0. The average Bonchev–Trinajstić information content (AvgIpc) is 1.98. The summed E-state index contributed by atoms with van der Waals surface area (Å²) < 4.78 is 0.789. The zero-order valence-corrected chi connectivity index (χ0v) is 8.34. The lowest BCUT2D eigenvalue weighted by Gasteiger charge is -2.12. The topological polar surface area (TPSA) is 0 Å². The highest BCUT2D eigenvalue weighted by atomic mass is 127. The molecule has 9 heavy (non-hydrogen) atoms. The van der Waals surface area contributed by atoms with E-state index in [1.807, 2.05) is 0 Å². The van der Waals surface area contributed by atoms with Crippen molar-refractivity contribution in [3.63, 3.8) is 0 Å². The van der Waals surface area contributed by atoms with Crippen LogP contribution in [0.25, 0.3) is 0 Å². The maximum atomic E-state index is 2.53. The Labute approximate surface area is 70.9 Å². The third kappa shape index (κ3) is 1.31. The molecule has 0 aromatic carbocycles. The summed E-state index contributed by atoms with van der Waals surface area (Å²) >= 11 is 2.53. The smallest absolute Gasteiger partial charge is 0.0347 e. The molecule has 0 radical (unpaired) electrons. The van der Waals surface area contributed by atoms with Crippen molar-refractivity contribution >= 4 is 22.6 Å². The van der Waals surface area contributed by atoms with Crippen molar-refractivity contribution in [3.8, 4) is 0 Å². The maximum Gasteiger partial charge on any atom is 0.0347 e. The molecule has 1 aliphatic carbocycles. The van der Waals surface area contributed by atoms with Crippen LogP contribution >= 0.6 is 22.6 Å². The van der Waals surface area contributed by atoms with E-state index in [4.69, 9.17) is 0 Å². The van der Waals surface area contributed by atoms with Crippen LogP contribution in [-0.4, -0.2) is 3.92 Å². The van der Waals surface area contributed by atoms with Gasteiger partial charge < -0.3 is 0 Å².